The molecule has 1 aliphatic carbocycles. The molecular weight excluding hydrogens is 415 g/mol. The Morgan fingerprint density at radius 2 is 1.94 bits per heavy atom. The highest BCUT2D eigenvalue weighted by atomic mass is 19.1. The minimum Gasteiger partial charge on any atom is -0.466 e. The molecular formula is C24H21FN2O5. The largest absolute Gasteiger partial charge is 0.466 e. The standard InChI is InChI=1S/C24H21FN2O5/c1-30-24(29)22-20(13-9-10-18-19(11-13)32-12-31-18)21-16(7-4-8-17(21)28)27(23(22)26)15-6-3-2-5-14(15)25/h2-3,5-6,9-11,20H,4,7-8,12,26H2,1H3. The number of hydrogen-bond donors (Lipinski definition) is 1. The highest BCUT2D eigenvalue weighted by molar-refractivity contribution is 6.05. The molecule has 164 valence electrons. The van der Waals surface area contributed by atoms with Gasteiger partial charge in [0.1, 0.15) is 11.6 Å². The molecule has 0 aromatic heterocycles. The van der Waals surface area contributed by atoms with E-state index in [0.717, 1.165) is 0 Å². The number of methoxy groups -OCH3 is 1. The van der Waals surface area contributed by atoms with E-state index in [-0.39, 0.29) is 29.7 Å². The maximum absolute atomic E-state index is 14.8. The fraction of sp³-hybridized carbons (Fsp3) is 0.250. The van der Waals surface area contributed by atoms with Crippen LogP contribution in [0.2, 0.25) is 0 Å². The van der Waals surface area contributed by atoms with Crippen LogP contribution in [-0.2, 0) is 14.3 Å². The number of ketones is 1. The zero-order chi connectivity index (χ0) is 22.4. The summed E-state index contributed by atoms with van der Waals surface area (Å²) in [5, 5.41) is 0. The number of para-hydroxylation sites is 1. The first-order valence-electron chi connectivity index (χ1n) is 10.3. The smallest absolute Gasteiger partial charge is 0.338 e. The van der Waals surface area contributed by atoms with Gasteiger partial charge in [-0.3, -0.25) is 9.69 Å². The predicted molar refractivity (Wildman–Crippen MR) is 113 cm³/mol. The van der Waals surface area contributed by atoms with Crippen LogP contribution in [-0.4, -0.2) is 25.7 Å². The molecule has 2 N–H and O–H groups in total. The Kier molecular flexibility index (Phi) is 4.84. The van der Waals surface area contributed by atoms with Crippen molar-refractivity contribution in [3.8, 4) is 11.5 Å². The van der Waals surface area contributed by atoms with Gasteiger partial charge in [-0.2, -0.15) is 0 Å². The number of esters is 1. The molecule has 1 unspecified atom stereocenters. The van der Waals surface area contributed by atoms with E-state index in [1.54, 1.807) is 36.4 Å². The van der Waals surface area contributed by atoms with Gasteiger partial charge in [0.2, 0.25) is 6.79 Å². The highest BCUT2D eigenvalue weighted by Gasteiger charge is 2.43. The van der Waals surface area contributed by atoms with E-state index in [2.05, 4.69) is 0 Å². The Labute approximate surface area is 183 Å². The third-order valence-electron chi connectivity index (χ3n) is 6.02. The number of hydrogen-bond acceptors (Lipinski definition) is 7. The predicted octanol–water partition coefficient (Wildman–Crippen LogP) is 3.51. The van der Waals surface area contributed by atoms with E-state index >= 15 is 0 Å². The highest BCUT2D eigenvalue weighted by Crippen LogP contribution is 2.48. The van der Waals surface area contributed by atoms with Gasteiger partial charge in [-0.25, -0.2) is 9.18 Å². The summed E-state index contributed by atoms with van der Waals surface area (Å²) in [6.07, 6.45) is 1.46. The second-order valence-electron chi connectivity index (χ2n) is 7.76. The number of anilines is 1. The van der Waals surface area contributed by atoms with Crippen molar-refractivity contribution in [2.24, 2.45) is 5.73 Å². The van der Waals surface area contributed by atoms with Gasteiger partial charge in [0, 0.05) is 17.7 Å². The number of halogens is 1. The van der Waals surface area contributed by atoms with E-state index < -0.39 is 17.7 Å². The first-order chi connectivity index (χ1) is 15.5. The zero-order valence-electron chi connectivity index (χ0n) is 17.4. The van der Waals surface area contributed by atoms with Crippen LogP contribution in [0.3, 0.4) is 0 Å². The van der Waals surface area contributed by atoms with Crippen molar-refractivity contribution >= 4 is 17.4 Å². The van der Waals surface area contributed by atoms with Gasteiger partial charge in [-0.1, -0.05) is 18.2 Å². The lowest BCUT2D eigenvalue weighted by Crippen LogP contribution is -2.41. The Morgan fingerprint density at radius 1 is 1.16 bits per heavy atom. The van der Waals surface area contributed by atoms with Crippen LogP contribution in [0.5, 0.6) is 11.5 Å². The summed E-state index contributed by atoms with van der Waals surface area (Å²) in [6, 6.07) is 11.4. The SMILES string of the molecule is COC(=O)C1=C(N)N(c2ccccc2F)C2=C(C(=O)CCC2)C1c1ccc2c(c1)OCO2. The van der Waals surface area contributed by atoms with Crippen molar-refractivity contribution < 1.29 is 28.2 Å². The van der Waals surface area contributed by atoms with Gasteiger partial charge in [-0.05, 0) is 42.7 Å². The van der Waals surface area contributed by atoms with Gasteiger partial charge in [0.25, 0.3) is 0 Å². The van der Waals surface area contributed by atoms with E-state index in [4.69, 9.17) is 19.9 Å². The molecule has 1 atom stereocenters. The van der Waals surface area contributed by atoms with Crippen molar-refractivity contribution in [2.75, 3.05) is 18.8 Å². The molecule has 0 bridgehead atoms. The average Bonchev–Trinajstić information content (AvgIpc) is 3.27. The molecule has 0 saturated heterocycles. The summed E-state index contributed by atoms with van der Waals surface area (Å²) >= 11 is 0. The molecule has 2 aromatic carbocycles. The molecule has 7 nitrogen and oxygen atoms in total. The van der Waals surface area contributed by atoms with Gasteiger partial charge < -0.3 is 19.9 Å². The molecule has 5 rings (SSSR count). The first kappa shape index (κ1) is 20.1. The summed E-state index contributed by atoms with van der Waals surface area (Å²) in [5.74, 6) is -0.919. The monoisotopic (exact) mass is 436 g/mol. The van der Waals surface area contributed by atoms with Gasteiger partial charge in [0.05, 0.1) is 24.3 Å². The molecule has 0 radical (unpaired) electrons. The molecule has 2 aromatic rings. The van der Waals surface area contributed by atoms with Crippen molar-refractivity contribution in [3.63, 3.8) is 0 Å². The van der Waals surface area contributed by atoms with Crippen molar-refractivity contribution in [3.05, 3.63) is 76.5 Å². The number of allylic oxidation sites excluding steroid dienone is 2. The normalized spacial score (nSPS) is 19.9. The minimum absolute atomic E-state index is 0.0399. The number of nitrogens with zero attached hydrogens (tertiary/aromatic N) is 1. The summed E-state index contributed by atoms with van der Waals surface area (Å²) in [6.45, 7) is 0.0965. The Morgan fingerprint density at radius 3 is 2.72 bits per heavy atom. The van der Waals surface area contributed by atoms with Gasteiger partial charge >= 0.3 is 5.97 Å². The van der Waals surface area contributed by atoms with Gasteiger partial charge in [-0.15, -0.1) is 0 Å². The van der Waals surface area contributed by atoms with Crippen molar-refractivity contribution in [1.29, 1.82) is 0 Å². The fourth-order valence-electron chi connectivity index (χ4n) is 4.63. The van der Waals surface area contributed by atoms with Crippen LogP contribution in [0.25, 0.3) is 0 Å². The van der Waals surface area contributed by atoms with Crippen LogP contribution in [0.15, 0.2) is 65.1 Å². The summed E-state index contributed by atoms with van der Waals surface area (Å²) < 4.78 is 30.8. The molecule has 0 fully saturated rings. The maximum Gasteiger partial charge on any atom is 0.338 e. The van der Waals surface area contributed by atoms with Crippen LogP contribution in [0.1, 0.15) is 30.7 Å². The summed E-state index contributed by atoms with van der Waals surface area (Å²) in [5.41, 5.74) is 8.46. The zero-order valence-corrected chi connectivity index (χ0v) is 17.4. The Balaban J connectivity index is 1.77. The third-order valence-corrected chi connectivity index (χ3v) is 6.02. The topological polar surface area (TPSA) is 91.1 Å². The summed E-state index contributed by atoms with van der Waals surface area (Å²) in [4.78, 5) is 27.7. The van der Waals surface area contributed by atoms with Crippen molar-refractivity contribution in [1.82, 2.24) is 0 Å². The van der Waals surface area contributed by atoms with E-state index in [0.29, 0.717) is 47.6 Å². The molecule has 2 aliphatic heterocycles. The Hall–Kier alpha value is -3.81. The lowest BCUT2D eigenvalue weighted by atomic mass is 9.75. The quantitative estimate of drug-likeness (QED) is 0.737. The average molecular weight is 436 g/mol. The van der Waals surface area contributed by atoms with Crippen LogP contribution < -0.4 is 20.1 Å². The number of rotatable bonds is 3. The number of Topliss-reactive ketones (excluding diaryl/α,β-unsaturated/α-hetero) is 1. The van der Waals surface area contributed by atoms with Crippen LogP contribution in [0.4, 0.5) is 10.1 Å². The second-order valence-corrected chi connectivity index (χ2v) is 7.76. The van der Waals surface area contributed by atoms with Crippen LogP contribution >= 0.6 is 0 Å². The number of ether oxygens (including phenoxy) is 3. The fourth-order valence-corrected chi connectivity index (χ4v) is 4.63. The molecule has 0 amide bonds. The second kappa shape index (κ2) is 7.71. The van der Waals surface area contributed by atoms with E-state index in [1.807, 2.05) is 0 Å². The van der Waals surface area contributed by atoms with E-state index in [1.165, 1.54) is 18.1 Å². The molecule has 3 aliphatic rings. The van der Waals surface area contributed by atoms with E-state index in [9.17, 15) is 14.0 Å². The summed E-state index contributed by atoms with van der Waals surface area (Å²) in [7, 11) is 1.25. The lowest BCUT2D eigenvalue weighted by Gasteiger charge is -2.40. The molecule has 0 spiro atoms. The first-order valence-corrected chi connectivity index (χ1v) is 10.3. The number of carbonyl (C=O) groups excluding carboxylic acids is 2. The number of nitrogens with two attached hydrogens (primary N) is 1. The molecule has 8 heteroatoms. The van der Waals surface area contributed by atoms with Crippen LogP contribution in [0, 0.1) is 5.82 Å². The number of carbonyl (C=O) groups is 2. The maximum atomic E-state index is 14.8. The van der Waals surface area contributed by atoms with Crippen molar-refractivity contribution in [2.45, 2.75) is 25.2 Å². The molecule has 0 saturated carbocycles. The third kappa shape index (κ3) is 3.02. The van der Waals surface area contributed by atoms with Gasteiger partial charge in [0.15, 0.2) is 17.3 Å². The molecule has 32 heavy (non-hydrogen) atoms. The minimum atomic E-state index is -0.761. The number of fused-ring (bicyclic) bond motifs is 1. The number of benzene rings is 2. The Bertz CT molecular complexity index is 1200. The lowest BCUT2D eigenvalue weighted by molar-refractivity contribution is -0.136. The molecule has 2 heterocycles.